The number of rotatable bonds is 4. The van der Waals surface area contributed by atoms with E-state index in [1.165, 1.54) is 0 Å². The largest absolute Gasteiger partial charge is 0.326 e. The Labute approximate surface area is 137 Å². The van der Waals surface area contributed by atoms with Gasteiger partial charge in [0.1, 0.15) is 0 Å². The van der Waals surface area contributed by atoms with Gasteiger partial charge in [0.05, 0.1) is 23.3 Å². The molecule has 0 saturated heterocycles. The smallest absolute Gasteiger partial charge is 0.226 e. The highest BCUT2D eigenvalue weighted by molar-refractivity contribution is 6.35. The summed E-state index contributed by atoms with van der Waals surface area (Å²) in [5, 5.41) is 9.30. The predicted octanol–water partition coefficient (Wildman–Crippen LogP) is 4.37. The Morgan fingerprint density at radius 3 is 2.68 bits per heavy atom. The van der Waals surface area contributed by atoms with E-state index in [1.807, 2.05) is 18.2 Å². The fourth-order valence-electron chi connectivity index (χ4n) is 2.21. The van der Waals surface area contributed by atoms with E-state index in [1.54, 1.807) is 35.1 Å². The molecule has 2 aromatic carbocycles. The standard InChI is InChI=1S/C16H13Cl2N3O/c17-11-4-6-12(7-5-11)20-16(22)8-9-21-15-3-1-2-14(18)13(15)10-19-21/h1-7,10H,8-9H2,(H,20,22). The van der Waals surface area contributed by atoms with E-state index in [0.717, 1.165) is 16.6 Å². The van der Waals surface area contributed by atoms with E-state index in [0.29, 0.717) is 23.0 Å². The Morgan fingerprint density at radius 2 is 1.91 bits per heavy atom. The van der Waals surface area contributed by atoms with E-state index < -0.39 is 0 Å². The first-order valence-electron chi connectivity index (χ1n) is 6.79. The zero-order valence-corrected chi connectivity index (χ0v) is 13.1. The van der Waals surface area contributed by atoms with Crippen LogP contribution in [0.15, 0.2) is 48.7 Å². The van der Waals surface area contributed by atoms with Gasteiger partial charge in [-0.05, 0) is 36.4 Å². The zero-order chi connectivity index (χ0) is 15.5. The lowest BCUT2D eigenvalue weighted by Gasteiger charge is -2.06. The number of nitrogens with one attached hydrogen (secondary N) is 1. The average molecular weight is 334 g/mol. The maximum absolute atomic E-state index is 12.0. The minimum atomic E-state index is -0.0759. The fraction of sp³-hybridized carbons (Fsp3) is 0.125. The third-order valence-electron chi connectivity index (χ3n) is 3.31. The molecule has 1 aromatic heterocycles. The first-order valence-corrected chi connectivity index (χ1v) is 7.54. The zero-order valence-electron chi connectivity index (χ0n) is 11.6. The Hall–Kier alpha value is -2.04. The van der Waals surface area contributed by atoms with Crippen molar-refractivity contribution in [2.45, 2.75) is 13.0 Å². The summed E-state index contributed by atoms with van der Waals surface area (Å²) in [6.07, 6.45) is 2.04. The second-order valence-electron chi connectivity index (χ2n) is 4.85. The lowest BCUT2D eigenvalue weighted by molar-refractivity contribution is -0.116. The number of halogens is 2. The Balaban J connectivity index is 1.65. The van der Waals surface area contributed by atoms with Crippen LogP contribution < -0.4 is 5.32 Å². The minimum Gasteiger partial charge on any atom is -0.326 e. The Kier molecular flexibility index (Phi) is 4.32. The number of amides is 1. The van der Waals surface area contributed by atoms with Crippen LogP contribution in [0.1, 0.15) is 6.42 Å². The summed E-state index contributed by atoms with van der Waals surface area (Å²) in [5.41, 5.74) is 1.65. The molecule has 1 heterocycles. The van der Waals surface area contributed by atoms with Gasteiger partial charge in [0.25, 0.3) is 0 Å². The van der Waals surface area contributed by atoms with Gasteiger partial charge in [0, 0.05) is 22.5 Å². The van der Waals surface area contributed by atoms with Crippen LogP contribution in [-0.2, 0) is 11.3 Å². The molecule has 1 N–H and O–H groups in total. The summed E-state index contributed by atoms with van der Waals surface area (Å²) in [7, 11) is 0. The van der Waals surface area contributed by atoms with Crippen LogP contribution >= 0.6 is 23.2 Å². The molecule has 0 atom stereocenters. The number of fused-ring (bicyclic) bond motifs is 1. The maximum Gasteiger partial charge on any atom is 0.226 e. The van der Waals surface area contributed by atoms with Gasteiger partial charge < -0.3 is 5.32 Å². The van der Waals surface area contributed by atoms with E-state index in [9.17, 15) is 4.79 Å². The molecule has 0 aliphatic carbocycles. The third kappa shape index (κ3) is 3.24. The van der Waals surface area contributed by atoms with Crippen LogP contribution in [0.3, 0.4) is 0 Å². The number of hydrogen-bond donors (Lipinski definition) is 1. The van der Waals surface area contributed by atoms with Crippen molar-refractivity contribution in [1.82, 2.24) is 9.78 Å². The summed E-state index contributed by atoms with van der Waals surface area (Å²) < 4.78 is 1.78. The van der Waals surface area contributed by atoms with Gasteiger partial charge in [-0.2, -0.15) is 5.10 Å². The maximum atomic E-state index is 12.0. The molecule has 0 aliphatic rings. The second-order valence-corrected chi connectivity index (χ2v) is 5.69. The SMILES string of the molecule is O=C(CCn1ncc2c(Cl)cccc21)Nc1ccc(Cl)cc1. The topological polar surface area (TPSA) is 46.9 Å². The minimum absolute atomic E-state index is 0.0759. The molecule has 0 aliphatic heterocycles. The summed E-state index contributed by atoms with van der Waals surface area (Å²) in [6.45, 7) is 0.489. The molecule has 0 unspecified atom stereocenters. The lowest BCUT2D eigenvalue weighted by Crippen LogP contribution is -2.14. The van der Waals surface area contributed by atoms with Crippen LogP contribution in [0.2, 0.25) is 10.0 Å². The molecule has 0 spiro atoms. The number of anilines is 1. The van der Waals surface area contributed by atoms with E-state index >= 15 is 0 Å². The number of carbonyl (C=O) groups excluding carboxylic acids is 1. The summed E-state index contributed by atoms with van der Waals surface area (Å²) in [4.78, 5) is 12.0. The normalized spacial score (nSPS) is 10.8. The van der Waals surface area contributed by atoms with E-state index in [4.69, 9.17) is 23.2 Å². The van der Waals surface area contributed by atoms with E-state index in [2.05, 4.69) is 10.4 Å². The highest BCUT2D eigenvalue weighted by Crippen LogP contribution is 2.22. The number of aromatic nitrogens is 2. The monoisotopic (exact) mass is 333 g/mol. The van der Waals surface area contributed by atoms with Gasteiger partial charge in [-0.25, -0.2) is 0 Å². The lowest BCUT2D eigenvalue weighted by atomic mass is 10.2. The van der Waals surface area contributed by atoms with Gasteiger partial charge in [0.2, 0.25) is 5.91 Å². The first kappa shape index (κ1) is 14.9. The molecule has 3 rings (SSSR count). The highest BCUT2D eigenvalue weighted by Gasteiger charge is 2.08. The molecule has 0 fully saturated rings. The number of hydrogen-bond acceptors (Lipinski definition) is 2. The number of benzene rings is 2. The molecule has 22 heavy (non-hydrogen) atoms. The molecule has 4 nitrogen and oxygen atoms in total. The molecule has 0 radical (unpaired) electrons. The predicted molar refractivity (Wildman–Crippen MR) is 89.4 cm³/mol. The van der Waals surface area contributed by atoms with Gasteiger partial charge in [-0.15, -0.1) is 0 Å². The van der Waals surface area contributed by atoms with Crippen molar-refractivity contribution in [1.29, 1.82) is 0 Å². The molecule has 1 amide bonds. The van der Waals surface area contributed by atoms with Crippen LogP contribution in [0.4, 0.5) is 5.69 Å². The molecule has 112 valence electrons. The summed E-state index contributed by atoms with van der Waals surface area (Å²) in [6, 6.07) is 12.6. The van der Waals surface area contributed by atoms with Crippen molar-refractivity contribution in [3.8, 4) is 0 Å². The van der Waals surface area contributed by atoms with Crippen LogP contribution in [0.5, 0.6) is 0 Å². The van der Waals surface area contributed by atoms with Crippen LogP contribution in [0.25, 0.3) is 10.9 Å². The van der Waals surface area contributed by atoms with Crippen molar-refractivity contribution >= 4 is 45.7 Å². The molecular weight excluding hydrogens is 321 g/mol. The number of nitrogens with zero attached hydrogens (tertiary/aromatic N) is 2. The third-order valence-corrected chi connectivity index (χ3v) is 3.89. The molecule has 0 saturated carbocycles. The van der Waals surface area contributed by atoms with Crippen LogP contribution in [0, 0.1) is 0 Å². The molecular formula is C16H13Cl2N3O. The van der Waals surface area contributed by atoms with E-state index in [-0.39, 0.29) is 5.91 Å². The van der Waals surface area contributed by atoms with Gasteiger partial charge >= 0.3 is 0 Å². The van der Waals surface area contributed by atoms with Crippen molar-refractivity contribution in [3.05, 3.63) is 58.7 Å². The average Bonchev–Trinajstić information content (AvgIpc) is 2.92. The van der Waals surface area contributed by atoms with Crippen molar-refractivity contribution in [3.63, 3.8) is 0 Å². The van der Waals surface area contributed by atoms with Crippen molar-refractivity contribution in [2.75, 3.05) is 5.32 Å². The van der Waals surface area contributed by atoms with Gasteiger partial charge in [0.15, 0.2) is 0 Å². The number of aryl methyl sites for hydroxylation is 1. The summed E-state index contributed by atoms with van der Waals surface area (Å²) >= 11 is 11.9. The molecule has 0 bridgehead atoms. The highest BCUT2D eigenvalue weighted by atomic mass is 35.5. The van der Waals surface area contributed by atoms with Crippen molar-refractivity contribution in [2.24, 2.45) is 0 Å². The van der Waals surface area contributed by atoms with Gasteiger partial charge in [-0.1, -0.05) is 29.3 Å². The summed E-state index contributed by atoms with van der Waals surface area (Å²) in [5.74, 6) is -0.0759. The Bertz CT molecular complexity index is 812. The molecule has 3 aromatic rings. The first-order chi connectivity index (χ1) is 10.6. The molecule has 6 heteroatoms. The fourth-order valence-corrected chi connectivity index (χ4v) is 2.55. The quantitative estimate of drug-likeness (QED) is 0.770. The van der Waals surface area contributed by atoms with Gasteiger partial charge in [-0.3, -0.25) is 9.48 Å². The number of carbonyl (C=O) groups is 1. The van der Waals surface area contributed by atoms with Crippen LogP contribution in [-0.4, -0.2) is 15.7 Å². The second kappa shape index (κ2) is 6.38. The Morgan fingerprint density at radius 1 is 1.14 bits per heavy atom. The van der Waals surface area contributed by atoms with Crippen molar-refractivity contribution < 1.29 is 4.79 Å².